The molecule has 98 valence electrons. The Hall–Kier alpha value is -0.720. The maximum atomic E-state index is 5.73. The van der Waals surface area contributed by atoms with Crippen LogP contribution in [0.15, 0.2) is 19.6 Å². The Labute approximate surface area is 119 Å². The van der Waals surface area contributed by atoms with E-state index in [2.05, 4.69) is 45.3 Å². The first-order valence-corrected chi connectivity index (χ1v) is 7.73. The van der Waals surface area contributed by atoms with E-state index in [1.54, 1.807) is 11.3 Å². The van der Waals surface area contributed by atoms with Crippen LogP contribution < -0.4 is 5.32 Å². The summed E-state index contributed by atoms with van der Waals surface area (Å²) in [6, 6.07) is 2.14. The molecular weight excluding hydrogens is 314 g/mol. The number of aromatic nitrogens is 2. The third kappa shape index (κ3) is 3.18. The van der Waals surface area contributed by atoms with E-state index in [-0.39, 0.29) is 6.04 Å². The van der Waals surface area contributed by atoms with E-state index >= 15 is 0 Å². The predicted molar refractivity (Wildman–Crippen MR) is 76.6 cm³/mol. The van der Waals surface area contributed by atoms with Crippen molar-refractivity contribution in [3.05, 3.63) is 21.1 Å². The van der Waals surface area contributed by atoms with Gasteiger partial charge in [0.15, 0.2) is 0 Å². The van der Waals surface area contributed by atoms with Crippen LogP contribution in [0.1, 0.15) is 38.6 Å². The van der Waals surface area contributed by atoms with Crippen LogP contribution in [-0.2, 0) is 0 Å². The highest BCUT2D eigenvalue weighted by atomic mass is 79.9. The van der Waals surface area contributed by atoms with Crippen LogP contribution in [0.2, 0.25) is 0 Å². The van der Waals surface area contributed by atoms with Gasteiger partial charge in [0.1, 0.15) is 0 Å². The van der Waals surface area contributed by atoms with E-state index in [0.29, 0.717) is 11.8 Å². The lowest BCUT2D eigenvalue weighted by Gasteiger charge is -2.11. The summed E-state index contributed by atoms with van der Waals surface area (Å²) in [5.74, 6) is 1.26. The molecule has 1 N–H and O–H groups in total. The topological polar surface area (TPSA) is 51.0 Å². The number of rotatable bonds is 6. The zero-order valence-corrected chi connectivity index (χ0v) is 12.8. The molecule has 2 aromatic heterocycles. The molecule has 0 radical (unpaired) electrons. The van der Waals surface area contributed by atoms with Crippen LogP contribution in [-0.4, -0.2) is 16.7 Å². The van der Waals surface area contributed by atoms with Crippen LogP contribution in [0.4, 0.5) is 0 Å². The highest BCUT2D eigenvalue weighted by Gasteiger charge is 2.17. The van der Waals surface area contributed by atoms with Gasteiger partial charge in [-0.05, 0) is 41.4 Å². The lowest BCUT2D eigenvalue weighted by molar-refractivity contribution is 0.396. The van der Waals surface area contributed by atoms with Gasteiger partial charge in [-0.15, -0.1) is 21.5 Å². The lowest BCUT2D eigenvalue weighted by Crippen LogP contribution is -2.21. The molecule has 0 saturated heterocycles. The predicted octanol–water partition coefficient (Wildman–Crippen LogP) is 4.01. The van der Waals surface area contributed by atoms with Crippen molar-refractivity contribution in [1.82, 2.24) is 15.5 Å². The molecule has 0 saturated carbocycles. The zero-order chi connectivity index (χ0) is 13.0. The average molecular weight is 330 g/mol. The number of thiophene rings is 1. The first-order chi connectivity index (χ1) is 8.74. The molecule has 0 aliphatic rings. The quantitative estimate of drug-likeness (QED) is 0.869. The number of nitrogens with zero attached hydrogens (tertiary/aromatic N) is 2. The third-order valence-corrected chi connectivity index (χ3v) is 4.11. The fourth-order valence-corrected chi connectivity index (χ4v) is 2.77. The minimum Gasteiger partial charge on any atom is -0.419 e. The van der Waals surface area contributed by atoms with Gasteiger partial charge in [0.25, 0.3) is 0 Å². The summed E-state index contributed by atoms with van der Waals surface area (Å²) in [7, 11) is 0. The fraction of sp³-hybridized carbons (Fsp3) is 0.500. The summed E-state index contributed by atoms with van der Waals surface area (Å²) >= 11 is 5.04. The van der Waals surface area contributed by atoms with E-state index in [4.69, 9.17) is 4.42 Å². The molecule has 0 aromatic carbocycles. The first kappa shape index (κ1) is 13.7. The second kappa shape index (κ2) is 6.45. The summed E-state index contributed by atoms with van der Waals surface area (Å²) < 4.78 is 6.80. The van der Waals surface area contributed by atoms with E-state index in [0.717, 1.165) is 28.7 Å². The van der Waals surface area contributed by atoms with Crippen molar-refractivity contribution in [2.45, 2.75) is 32.7 Å². The molecule has 4 nitrogen and oxygen atoms in total. The van der Waals surface area contributed by atoms with Gasteiger partial charge in [-0.1, -0.05) is 13.8 Å². The molecule has 18 heavy (non-hydrogen) atoms. The largest absolute Gasteiger partial charge is 0.419 e. The molecule has 0 fully saturated rings. The minimum atomic E-state index is 0.147. The Morgan fingerprint density at radius 1 is 1.44 bits per heavy atom. The van der Waals surface area contributed by atoms with Crippen molar-refractivity contribution in [3.63, 3.8) is 0 Å². The summed E-state index contributed by atoms with van der Waals surface area (Å²) in [5, 5.41) is 13.6. The Bertz CT molecular complexity index is 497. The Kier molecular flexibility index (Phi) is 4.91. The zero-order valence-electron chi connectivity index (χ0n) is 10.4. The molecule has 0 spiro atoms. The van der Waals surface area contributed by atoms with E-state index in [9.17, 15) is 0 Å². The van der Waals surface area contributed by atoms with Gasteiger partial charge < -0.3 is 9.73 Å². The van der Waals surface area contributed by atoms with Gasteiger partial charge in [-0.25, -0.2) is 0 Å². The van der Waals surface area contributed by atoms with Crippen LogP contribution in [0.25, 0.3) is 11.5 Å². The van der Waals surface area contributed by atoms with E-state index in [1.807, 2.05) is 11.4 Å². The standard InChI is InChI=1S/C12H16BrN3OS/c1-3-5-14-9(4-2)12-16-15-11(17-12)8-6-10(13)18-7-8/h6-7,9,14H,3-5H2,1-2H3. The third-order valence-electron chi connectivity index (χ3n) is 2.60. The highest BCUT2D eigenvalue weighted by molar-refractivity contribution is 9.11. The van der Waals surface area contributed by atoms with Crippen LogP contribution in [0.5, 0.6) is 0 Å². The monoisotopic (exact) mass is 329 g/mol. The van der Waals surface area contributed by atoms with Gasteiger partial charge in [-0.2, -0.15) is 0 Å². The SMILES string of the molecule is CCCNC(CC)c1nnc(-c2csc(Br)c2)o1. The van der Waals surface area contributed by atoms with E-state index < -0.39 is 0 Å². The molecule has 1 atom stereocenters. The Morgan fingerprint density at radius 3 is 2.89 bits per heavy atom. The van der Waals surface area contributed by atoms with Gasteiger partial charge in [-0.3, -0.25) is 0 Å². The molecule has 0 amide bonds. The van der Waals surface area contributed by atoms with Gasteiger partial charge in [0, 0.05) is 5.38 Å². The van der Waals surface area contributed by atoms with Crippen molar-refractivity contribution >= 4 is 27.3 Å². The second-order valence-corrected chi connectivity index (χ2v) is 6.29. The molecule has 2 heterocycles. The molecule has 6 heteroatoms. The number of halogens is 1. The summed E-state index contributed by atoms with van der Waals surface area (Å²) in [4.78, 5) is 0. The molecule has 1 unspecified atom stereocenters. The maximum absolute atomic E-state index is 5.73. The molecule has 2 aromatic rings. The van der Waals surface area contributed by atoms with Crippen LogP contribution >= 0.6 is 27.3 Å². The number of hydrogen-bond donors (Lipinski definition) is 1. The number of hydrogen-bond acceptors (Lipinski definition) is 5. The lowest BCUT2D eigenvalue weighted by atomic mass is 10.2. The average Bonchev–Trinajstić information content (AvgIpc) is 2.99. The molecule has 0 bridgehead atoms. The fourth-order valence-electron chi connectivity index (χ4n) is 1.64. The minimum absolute atomic E-state index is 0.147. The van der Waals surface area contributed by atoms with E-state index in [1.165, 1.54) is 0 Å². The molecule has 0 aliphatic heterocycles. The molecule has 2 rings (SSSR count). The van der Waals surface area contributed by atoms with Gasteiger partial charge in [0.05, 0.1) is 15.4 Å². The Morgan fingerprint density at radius 2 is 2.28 bits per heavy atom. The molecule has 0 aliphatic carbocycles. The Balaban J connectivity index is 2.13. The summed E-state index contributed by atoms with van der Waals surface area (Å²) in [6.45, 7) is 5.21. The van der Waals surface area contributed by atoms with Crippen molar-refractivity contribution < 1.29 is 4.42 Å². The number of nitrogens with one attached hydrogen (secondary N) is 1. The van der Waals surface area contributed by atoms with Crippen LogP contribution in [0, 0.1) is 0 Å². The first-order valence-electron chi connectivity index (χ1n) is 6.05. The van der Waals surface area contributed by atoms with Gasteiger partial charge in [0.2, 0.25) is 11.8 Å². The van der Waals surface area contributed by atoms with Crippen molar-refractivity contribution in [3.8, 4) is 11.5 Å². The second-order valence-electron chi connectivity index (χ2n) is 4.00. The smallest absolute Gasteiger partial charge is 0.248 e. The van der Waals surface area contributed by atoms with Gasteiger partial charge >= 0.3 is 0 Å². The highest BCUT2D eigenvalue weighted by Crippen LogP contribution is 2.29. The maximum Gasteiger partial charge on any atom is 0.248 e. The normalized spacial score (nSPS) is 12.8. The van der Waals surface area contributed by atoms with Crippen LogP contribution in [0.3, 0.4) is 0 Å². The van der Waals surface area contributed by atoms with Crippen molar-refractivity contribution in [2.75, 3.05) is 6.54 Å². The van der Waals surface area contributed by atoms with Crippen molar-refractivity contribution in [2.24, 2.45) is 0 Å². The van der Waals surface area contributed by atoms with Crippen molar-refractivity contribution in [1.29, 1.82) is 0 Å². The molecular formula is C12H16BrN3OS. The summed E-state index contributed by atoms with van der Waals surface area (Å²) in [5.41, 5.74) is 0.968. The summed E-state index contributed by atoms with van der Waals surface area (Å²) in [6.07, 6.45) is 2.03.